The van der Waals surface area contributed by atoms with E-state index in [2.05, 4.69) is 10.2 Å². The number of carbonyl (C=O) groups is 2. The van der Waals surface area contributed by atoms with Gasteiger partial charge in [0.15, 0.2) is 0 Å². The normalized spacial score (nSPS) is 10.9. The van der Waals surface area contributed by atoms with Crippen molar-refractivity contribution in [3.63, 3.8) is 0 Å². The van der Waals surface area contributed by atoms with Gasteiger partial charge in [-0.25, -0.2) is 0 Å². The van der Waals surface area contributed by atoms with Crippen molar-refractivity contribution in [2.75, 3.05) is 13.1 Å². The second kappa shape index (κ2) is 5.73. The molecule has 0 saturated carbocycles. The van der Waals surface area contributed by atoms with Crippen molar-refractivity contribution in [1.82, 2.24) is 15.1 Å². The van der Waals surface area contributed by atoms with Crippen molar-refractivity contribution < 1.29 is 14.7 Å². The minimum Gasteiger partial charge on any atom is -0.480 e. The molecule has 6 heteroatoms. The number of aliphatic carboxylic acids is 1. The average molecular weight is 275 g/mol. The molecule has 2 rings (SSSR count). The van der Waals surface area contributed by atoms with Crippen LogP contribution in [0, 0.1) is 5.92 Å². The number of carboxylic acid groups (broad SMARTS) is 1. The zero-order valence-corrected chi connectivity index (χ0v) is 11.5. The van der Waals surface area contributed by atoms with E-state index in [1.807, 2.05) is 13.8 Å². The fourth-order valence-electron chi connectivity index (χ4n) is 2.08. The van der Waals surface area contributed by atoms with Crippen LogP contribution in [0.4, 0.5) is 0 Å². The van der Waals surface area contributed by atoms with E-state index in [4.69, 9.17) is 5.11 Å². The van der Waals surface area contributed by atoms with Crippen molar-refractivity contribution in [2.24, 2.45) is 5.92 Å². The molecule has 2 aromatic rings. The molecule has 0 unspecified atom stereocenters. The van der Waals surface area contributed by atoms with E-state index >= 15 is 0 Å². The Labute approximate surface area is 116 Å². The van der Waals surface area contributed by atoms with Gasteiger partial charge in [-0.15, -0.1) is 0 Å². The van der Waals surface area contributed by atoms with Gasteiger partial charge in [-0.3, -0.25) is 14.7 Å². The molecule has 20 heavy (non-hydrogen) atoms. The molecule has 0 bridgehead atoms. The van der Waals surface area contributed by atoms with Crippen molar-refractivity contribution >= 4 is 22.8 Å². The summed E-state index contributed by atoms with van der Waals surface area (Å²) < 4.78 is 0. The number of fused-ring (bicyclic) bond motifs is 1. The molecule has 1 amide bonds. The summed E-state index contributed by atoms with van der Waals surface area (Å²) in [5.41, 5.74) is 1.22. The summed E-state index contributed by atoms with van der Waals surface area (Å²) in [5, 5.41) is 16.5. The van der Waals surface area contributed by atoms with Gasteiger partial charge in [-0.05, 0) is 18.1 Å². The molecule has 106 valence electrons. The van der Waals surface area contributed by atoms with Gasteiger partial charge in [0, 0.05) is 17.5 Å². The number of rotatable bonds is 5. The van der Waals surface area contributed by atoms with Gasteiger partial charge in [-0.2, -0.15) is 5.10 Å². The number of hydrogen-bond donors (Lipinski definition) is 2. The highest BCUT2D eigenvalue weighted by atomic mass is 16.4. The summed E-state index contributed by atoms with van der Waals surface area (Å²) >= 11 is 0. The number of carboxylic acids is 1. The van der Waals surface area contributed by atoms with Gasteiger partial charge in [0.2, 0.25) is 0 Å². The van der Waals surface area contributed by atoms with Crippen LogP contribution in [0.2, 0.25) is 0 Å². The molecular weight excluding hydrogens is 258 g/mol. The Bertz CT molecular complexity index is 633. The van der Waals surface area contributed by atoms with Crippen molar-refractivity contribution in [3.05, 3.63) is 30.0 Å². The minimum absolute atomic E-state index is 0.203. The lowest BCUT2D eigenvalue weighted by molar-refractivity contribution is -0.137. The topological polar surface area (TPSA) is 86.3 Å². The second-order valence-electron chi connectivity index (χ2n) is 5.15. The van der Waals surface area contributed by atoms with E-state index in [1.54, 1.807) is 24.4 Å². The van der Waals surface area contributed by atoms with Gasteiger partial charge in [0.1, 0.15) is 6.54 Å². The maximum atomic E-state index is 12.4. The van der Waals surface area contributed by atoms with Crippen LogP contribution in [0.5, 0.6) is 0 Å². The number of nitrogens with one attached hydrogen (secondary N) is 1. The van der Waals surface area contributed by atoms with Gasteiger partial charge in [0.05, 0.1) is 11.7 Å². The first-order valence-corrected chi connectivity index (χ1v) is 6.41. The average Bonchev–Trinajstić information content (AvgIpc) is 2.83. The number of H-pyrrole nitrogens is 1. The Morgan fingerprint density at radius 2 is 2.15 bits per heavy atom. The zero-order chi connectivity index (χ0) is 14.7. The molecule has 0 atom stereocenters. The number of benzene rings is 1. The first kappa shape index (κ1) is 14.0. The van der Waals surface area contributed by atoms with Crippen LogP contribution >= 0.6 is 0 Å². The van der Waals surface area contributed by atoms with Gasteiger partial charge in [0.25, 0.3) is 5.91 Å². The molecule has 1 aromatic heterocycles. The fraction of sp³-hybridized carbons (Fsp3) is 0.357. The molecule has 0 radical (unpaired) electrons. The molecule has 6 nitrogen and oxygen atoms in total. The number of amides is 1. The lowest BCUT2D eigenvalue weighted by atomic mass is 10.1. The fourth-order valence-corrected chi connectivity index (χ4v) is 2.08. The Balaban J connectivity index is 2.26. The van der Waals surface area contributed by atoms with Gasteiger partial charge < -0.3 is 10.0 Å². The monoisotopic (exact) mass is 275 g/mol. The van der Waals surface area contributed by atoms with Crippen molar-refractivity contribution in [2.45, 2.75) is 13.8 Å². The quantitative estimate of drug-likeness (QED) is 0.870. The number of hydrogen-bond acceptors (Lipinski definition) is 3. The lowest BCUT2D eigenvalue weighted by Gasteiger charge is -2.22. The smallest absolute Gasteiger partial charge is 0.323 e. The Kier molecular flexibility index (Phi) is 4.02. The number of aromatic amines is 1. The third kappa shape index (κ3) is 3.14. The Morgan fingerprint density at radius 1 is 1.40 bits per heavy atom. The van der Waals surface area contributed by atoms with E-state index < -0.39 is 5.97 Å². The molecule has 0 saturated heterocycles. The number of carbonyl (C=O) groups excluding carboxylic acids is 1. The number of aromatic nitrogens is 2. The molecule has 0 spiro atoms. The summed E-state index contributed by atoms with van der Waals surface area (Å²) in [5.74, 6) is -1.09. The standard InChI is InChI=1S/C14H17N3O3/c1-9(2)7-17(8-13(18)19)14(20)10-3-4-11-6-15-16-12(11)5-10/h3-6,9H,7-8H2,1-2H3,(H,15,16)(H,18,19). The van der Waals surface area contributed by atoms with Gasteiger partial charge >= 0.3 is 5.97 Å². The van der Waals surface area contributed by atoms with E-state index in [1.165, 1.54) is 4.90 Å². The minimum atomic E-state index is -1.01. The van der Waals surface area contributed by atoms with E-state index in [9.17, 15) is 9.59 Å². The van der Waals surface area contributed by atoms with E-state index in [-0.39, 0.29) is 18.4 Å². The largest absolute Gasteiger partial charge is 0.480 e. The summed E-state index contributed by atoms with van der Waals surface area (Å²) in [4.78, 5) is 24.6. The Morgan fingerprint density at radius 3 is 2.80 bits per heavy atom. The molecule has 0 fully saturated rings. The predicted octanol–water partition coefficient (Wildman–Crippen LogP) is 1.75. The molecular formula is C14H17N3O3. The van der Waals surface area contributed by atoms with Crippen LogP contribution in [0.15, 0.2) is 24.4 Å². The lowest BCUT2D eigenvalue weighted by Crippen LogP contribution is -2.38. The van der Waals surface area contributed by atoms with E-state index in [0.29, 0.717) is 12.1 Å². The maximum absolute atomic E-state index is 12.4. The highest BCUT2D eigenvalue weighted by Gasteiger charge is 2.19. The molecule has 1 heterocycles. The zero-order valence-electron chi connectivity index (χ0n) is 11.5. The third-order valence-corrected chi connectivity index (χ3v) is 2.89. The van der Waals surface area contributed by atoms with E-state index in [0.717, 1.165) is 10.9 Å². The summed E-state index contributed by atoms with van der Waals surface area (Å²) in [7, 11) is 0. The first-order chi connectivity index (χ1) is 9.47. The molecule has 0 aliphatic heterocycles. The van der Waals surface area contributed by atoms with Crippen LogP contribution in [0.25, 0.3) is 10.9 Å². The van der Waals surface area contributed by atoms with Crippen LogP contribution in [0.3, 0.4) is 0 Å². The summed E-state index contributed by atoms with van der Waals surface area (Å²) in [6.45, 7) is 4.00. The van der Waals surface area contributed by atoms with Crippen LogP contribution in [-0.2, 0) is 4.79 Å². The molecule has 0 aliphatic carbocycles. The Hall–Kier alpha value is -2.37. The van der Waals surface area contributed by atoms with Crippen LogP contribution < -0.4 is 0 Å². The number of nitrogens with zero attached hydrogens (tertiary/aromatic N) is 2. The summed E-state index contributed by atoms with van der Waals surface area (Å²) in [6, 6.07) is 5.18. The molecule has 1 aromatic carbocycles. The second-order valence-corrected chi connectivity index (χ2v) is 5.15. The SMILES string of the molecule is CC(C)CN(CC(=O)O)C(=O)c1ccc2cn[nH]c2c1. The maximum Gasteiger partial charge on any atom is 0.323 e. The molecule has 2 N–H and O–H groups in total. The highest BCUT2D eigenvalue weighted by molar-refractivity contribution is 5.98. The van der Waals surface area contributed by atoms with Gasteiger partial charge in [-0.1, -0.05) is 19.9 Å². The third-order valence-electron chi connectivity index (χ3n) is 2.89. The van der Waals surface area contributed by atoms with Crippen LogP contribution in [-0.4, -0.2) is 45.2 Å². The first-order valence-electron chi connectivity index (χ1n) is 6.41. The van der Waals surface area contributed by atoms with Crippen molar-refractivity contribution in [3.8, 4) is 0 Å². The highest BCUT2D eigenvalue weighted by Crippen LogP contribution is 2.15. The van der Waals surface area contributed by atoms with Crippen molar-refractivity contribution in [1.29, 1.82) is 0 Å². The predicted molar refractivity (Wildman–Crippen MR) is 74.5 cm³/mol. The molecule has 0 aliphatic rings. The van der Waals surface area contributed by atoms with Crippen LogP contribution in [0.1, 0.15) is 24.2 Å². The summed E-state index contributed by atoms with van der Waals surface area (Å²) in [6.07, 6.45) is 1.67.